The summed E-state index contributed by atoms with van der Waals surface area (Å²) in [6, 6.07) is 13.4. The van der Waals surface area contributed by atoms with Crippen molar-refractivity contribution in [2.75, 3.05) is 6.26 Å². The molecule has 4 heteroatoms. The van der Waals surface area contributed by atoms with Crippen molar-refractivity contribution in [3.8, 4) is 11.1 Å². The molecule has 0 fully saturated rings. The van der Waals surface area contributed by atoms with Crippen LogP contribution in [0, 0.1) is 0 Å². The van der Waals surface area contributed by atoms with Gasteiger partial charge in [0.15, 0.2) is 9.84 Å². The molecule has 1 aliphatic rings. The molecule has 19 heavy (non-hydrogen) atoms. The molecule has 98 valence electrons. The van der Waals surface area contributed by atoms with Crippen LogP contribution in [0.5, 0.6) is 0 Å². The Morgan fingerprint density at radius 2 is 1.53 bits per heavy atom. The Balaban J connectivity index is 1.99. The maximum absolute atomic E-state index is 11.4. The smallest absolute Gasteiger partial charge is 0.175 e. The van der Waals surface area contributed by atoms with Crippen LogP contribution >= 0.6 is 0 Å². The van der Waals surface area contributed by atoms with Crippen molar-refractivity contribution in [2.45, 2.75) is 18.0 Å². The zero-order valence-electron chi connectivity index (χ0n) is 10.7. The number of fused-ring (bicyclic) bond motifs is 1. The molecule has 0 bridgehead atoms. The van der Waals surface area contributed by atoms with Gasteiger partial charge < -0.3 is 5.32 Å². The molecule has 2 aromatic rings. The average Bonchev–Trinajstić information content (AvgIpc) is 2.85. The molecule has 1 heterocycles. The number of sulfone groups is 1. The lowest BCUT2D eigenvalue weighted by molar-refractivity contribution is 0.602. The molecular weight excluding hydrogens is 258 g/mol. The minimum atomic E-state index is -3.12. The van der Waals surface area contributed by atoms with Crippen LogP contribution in [0.1, 0.15) is 11.1 Å². The van der Waals surface area contributed by atoms with Gasteiger partial charge in [0.05, 0.1) is 4.90 Å². The van der Waals surface area contributed by atoms with Gasteiger partial charge in [-0.05, 0) is 40.5 Å². The Kier molecular flexibility index (Phi) is 2.92. The summed E-state index contributed by atoms with van der Waals surface area (Å²) in [5.41, 5.74) is 4.84. The van der Waals surface area contributed by atoms with Gasteiger partial charge in [0, 0.05) is 19.3 Å². The summed E-state index contributed by atoms with van der Waals surface area (Å²) < 4.78 is 22.9. The van der Waals surface area contributed by atoms with E-state index in [9.17, 15) is 8.42 Å². The fourth-order valence-electron chi connectivity index (χ4n) is 2.37. The standard InChI is InChI=1S/C15H15NO2S/c1-19(17,18)15-6-4-11(5-7-15)12-2-3-13-9-16-10-14(13)8-12/h2-8,16H,9-10H2,1H3. The molecule has 2 aromatic carbocycles. The molecule has 3 nitrogen and oxygen atoms in total. The Labute approximate surface area is 113 Å². The van der Waals surface area contributed by atoms with Gasteiger partial charge in [-0.25, -0.2) is 8.42 Å². The van der Waals surface area contributed by atoms with E-state index in [2.05, 4.69) is 23.5 Å². The first kappa shape index (κ1) is 12.4. The van der Waals surface area contributed by atoms with Crippen LogP contribution in [0.2, 0.25) is 0 Å². The largest absolute Gasteiger partial charge is 0.309 e. The van der Waals surface area contributed by atoms with Crippen molar-refractivity contribution in [1.29, 1.82) is 0 Å². The lowest BCUT2D eigenvalue weighted by atomic mass is 10.0. The van der Waals surface area contributed by atoms with Crippen LogP contribution in [0.15, 0.2) is 47.4 Å². The Morgan fingerprint density at radius 3 is 2.21 bits per heavy atom. The minimum Gasteiger partial charge on any atom is -0.309 e. The van der Waals surface area contributed by atoms with E-state index < -0.39 is 9.84 Å². The normalized spacial score (nSPS) is 14.4. The van der Waals surface area contributed by atoms with Crippen molar-refractivity contribution >= 4 is 9.84 Å². The molecule has 0 aromatic heterocycles. The molecule has 0 aliphatic carbocycles. The van der Waals surface area contributed by atoms with Gasteiger partial charge in [-0.2, -0.15) is 0 Å². The molecule has 3 rings (SSSR count). The van der Waals surface area contributed by atoms with Gasteiger partial charge in [0.1, 0.15) is 0 Å². The van der Waals surface area contributed by atoms with Crippen LogP contribution in [0.25, 0.3) is 11.1 Å². The fourth-order valence-corrected chi connectivity index (χ4v) is 3.00. The second-order valence-corrected chi connectivity index (χ2v) is 6.90. The number of rotatable bonds is 2. The van der Waals surface area contributed by atoms with E-state index >= 15 is 0 Å². The van der Waals surface area contributed by atoms with Crippen molar-refractivity contribution < 1.29 is 8.42 Å². The van der Waals surface area contributed by atoms with Crippen LogP contribution in [0.4, 0.5) is 0 Å². The summed E-state index contributed by atoms with van der Waals surface area (Å²) in [6.45, 7) is 1.84. The summed E-state index contributed by atoms with van der Waals surface area (Å²) in [5.74, 6) is 0. The summed E-state index contributed by atoms with van der Waals surface area (Å²) >= 11 is 0. The number of hydrogen-bond acceptors (Lipinski definition) is 3. The molecule has 0 atom stereocenters. The van der Waals surface area contributed by atoms with E-state index in [1.165, 1.54) is 17.4 Å². The van der Waals surface area contributed by atoms with E-state index in [0.29, 0.717) is 4.90 Å². The van der Waals surface area contributed by atoms with Gasteiger partial charge in [-0.1, -0.05) is 24.3 Å². The average molecular weight is 273 g/mol. The first-order valence-corrected chi connectivity index (χ1v) is 8.06. The van der Waals surface area contributed by atoms with E-state index in [4.69, 9.17) is 0 Å². The van der Waals surface area contributed by atoms with Gasteiger partial charge in [-0.15, -0.1) is 0 Å². The first-order valence-electron chi connectivity index (χ1n) is 6.17. The Bertz CT molecular complexity index is 718. The molecular formula is C15H15NO2S. The minimum absolute atomic E-state index is 0.360. The van der Waals surface area contributed by atoms with Crippen LogP contribution in [-0.4, -0.2) is 14.7 Å². The third-order valence-electron chi connectivity index (χ3n) is 3.45. The molecule has 0 spiro atoms. The lowest BCUT2D eigenvalue weighted by Gasteiger charge is -2.06. The Morgan fingerprint density at radius 1 is 0.895 bits per heavy atom. The van der Waals surface area contributed by atoms with Gasteiger partial charge in [-0.3, -0.25) is 0 Å². The highest BCUT2D eigenvalue weighted by Crippen LogP contribution is 2.25. The molecule has 0 saturated carbocycles. The molecule has 0 amide bonds. The SMILES string of the molecule is CS(=O)(=O)c1ccc(-c2ccc3c(c2)CNC3)cc1. The third-order valence-corrected chi connectivity index (χ3v) is 4.58. The molecule has 1 N–H and O–H groups in total. The highest BCUT2D eigenvalue weighted by atomic mass is 32.2. The van der Waals surface area contributed by atoms with Gasteiger partial charge in [0.25, 0.3) is 0 Å². The zero-order valence-corrected chi connectivity index (χ0v) is 11.5. The van der Waals surface area contributed by atoms with E-state index in [1.807, 2.05) is 12.1 Å². The molecule has 0 radical (unpaired) electrons. The van der Waals surface area contributed by atoms with Crippen molar-refractivity contribution in [2.24, 2.45) is 0 Å². The number of hydrogen-bond donors (Lipinski definition) is 1. The monoisotopic (exact) mass is 273 g/mol. The van der Waals surface area contributed by atoms with Crippen molar-refractivity contribution in [1.82, 2.24) is 5.32 Å². The van der Waals surface area contributed by atoms with Crippen molar-refractivity contribution in [3.63, 3.8) is 0 Å². The molecule has 0 unspecified atom stereocenters. The van der Waals surface area contributed by atoms with E-state index in [0.717, 1.165) is 24.2 Å². The lowest BCUT2D eigenvalue weighted by Crippen LogP contribution is -1.99. The summed E-state index contributed by atoms with van der Waals surface area (Å²) in [6.07, 6.45) is 1.23. The van der Waals surface area contributed by atoms with Crippen LogP contribution in [0.3, 0.4) is 0 Å². The highest BCUT2D eigenvalue weighted by molar-refractivity contribution is 7.90. The third kappa shape index (κ3) is 2.41. The van der Waals surface area contributed by atoms with Gasteiger partial charge in [0.2, 0.25) is 0 Å². The first-order chi connectivity index (χ1) is 9.04. The highest BCUT2D eigenvalue weighted by Gasteiger charge is 2.11. The summed E-state index contributed by atoms with van der Waals surface area (Å²) in [5, 5.41) is 3.32. The maximum atomic E-state index is 11.4. The zero-order chi connectivity index (χ0) is 13.5. The van der Waals surface area contributed by atoms with Gasteiger partial charge >= 0.3 is 0 Å². The second kappa shape index (κ2) is 4.47. The topological polar surface area (TPSA) is 46.2 Å². The predicted octanol–water partition coefficient (Wildman–Crippen LogP) is 2.36. The Hall–Kier alpha value is -1.65. The fraction of sp³-hybridized carbons (Fsp3) is 0.200. The number of nitrogens with one attached hydrogen (secondary N) is 1. The maximum Gasteiger partial charge on any atom is 0.175 e. The quantitative estimate of drug-likeness (QED) is 0.913. The van der Waals surface area contributed by atoms with E-state index in [1.54, 1.807) is 12.1 Å². The molecule has 0 saturated heterocycles. The second-order valence-electron chi connectivity index (χ2n) is 4.88. The molecule has 1 aliphatic heterocycles. The van der Waals surface area contributed by atoms with Crippen LogP contribution < -0.4 is 5.32 Å². The van der Waals surface area contributed by atoms with E-state index in [-0.39, 0.29) is 0 Å². The predicted molar refractivity (Wildman–Crippen MR) is 75.5 cm³/mol. The summed E-state index contributed by atoms with van der Waals surface area (Å²) in [4.78, 5) is 0.360. The summed E-state index contributed by atoms with van der Waals surface area (Å²) in [7, 11) is -3.12. The van der Waals surface area contributed by atoms with Crippen LogP contribution in [-0.2, 0) is 22.9 Å². The van der Waals surface area contributed by atoms with Crippen molar-refractivity contribution in [3.05, 3.63) is 53.6 Å². The number of benzene rings is 2.